The number of aliphatic hydroxyl groups is 1. The predicted octanol–water partition coefficient (Wildman–Crippen LogP) is 2.79. The van der Waals surface area contributed by atoms with Crippen LogP contribution < -0.4 is 0 Å². The monoisotopic (exact) mass is 383 g/mol. The van der Waals surface area contributed by atoms with Crippen molar-refractivity contribution in [1.82, 2.24) is 14.8 Å². The molecule has 146 valence electrons. The number of hydrogen-bond acceptors (Lipinski definition) is 5. The van der Waals surface area contributed by atoms with Gasteiger partial charge in [0.1, 0.15) is 11.0 Å². The highest BCUT2D eigenvalue weighted by molar-refractivity contribution is 7.09. The lowest BCUT2D eigenvalue weighted by Crippen LogP contribution is -2.47. The molecule has 7 nitrogen and oxygen atoms in total. The number of amides is 2. The lowest BCUT2D eigenvalue weighted by Gasteiger charge is -2.31. The van der Waals surface area contributed by atoms with E-state index in [9.17, 15) is 14.7 Å². The van der Waals surface area contributed by atoms with Crippen LogP contribution in [-0.2, 0) is 17.9 Å². The Labute approximate surface area is 158 Å². The van der Waals surface area contributed by atoms with Crippen LogP contribution in [0.5, 0.6) is 0 Å². The summed E-state index contributed by atoms with van der Waals surface area (Å²) in [5, 5.41) is 21.2. The second kappa shape index (κ2) is 8.35. The zero-order chi connectivity index (χ0) is 19.5. The SMILES string of the molecule is C[C@@H](CCC(C)(C)C)[C@@H](C(=O)O)N1CCN(Cc2csc(CO)n2)C1=O. The maximum absolute atomic E-state index is 12.8. The molecule has 1 aromatic rings. The number of thiazole rings is 1. The lowest BCUT2D eigenvalue weighted by molar-refractivity contribution is -0.143. The van der Waals surface area contributed by atoms with Gasteiger partial charge < -0.3 is 20.0 Å². The van der Waals surface area contributed by atoms with Crippen LogP contribution in [0.3, 0.4) is 0 Å². The molecule has 1 saturated heterocycles. The second-order valence-electron chi connectivity index (χ2n) is 8.15. The summed E-state index contributed by atoms with van der Waals surface area (Å²) in [6.45, 7) is 9.43. The molecular formula is C18H29N3O4S. The Morgan fingerprint density at radius 3 is 2.62 bits per heavy atom. The largest absolute Gasteiger partial charge is 0.480 e. The zero-order valence-electron chi connectivity index (χ0n) is 15.9. The van der Waals surface area contributed by atoms with Crippen LogP contribution in [0, 0.1) is 11.3 Å². The number of nitrogens with zero attached hydrogens (tertiary/aromatic N) is 3. The van der Waals surface area contributed by atoms with Crippen molar-refractivity contribution < 1.29 is 19.8 Å². The van der Waals surface area contributed by atoms with Crippen molar-refractivity contribution in [2.24, 2.45) is 11.3 Å². The molecule has 2 amide bonds. The van der Waals surface area contributed by atoms with E-state index in [-0.39, 0.29) is 24.0 Å². The molecule has 2 atom stereocenters. The number of carbonyl (C=O) groups is 2. The van der Waals surface area contributed by atoms with E-state index in [1.807, 2.05) is 12.3 Å². The maximum atomic E-state index is 12.8. The van der Waals surface area contributed by atoms with Gasteiger partial charge in [-0.2, -0.15) is 0 Å². The number of aliphatic carboxylic acids is 1. The van der Waals surface area contributed by atoms with E-state index in [0.29, 0.717) is 24.6 Å². The smallest absolute Gasteiger partial charge is 0.326 e. The third kappa shape index (κ3) is 5.17. The molecule has 0 aliphatic carbocycles. The van der Waals surface area contributed by atoms with Gasteiger partial charge in [-0.1, -0.05) is 27.7 Å². The Morgan fingerprint density at radius 1 is 1.38 bits per heavy atom. The molecule has 26 heavy (non-hydrogen) atoms. The topological polar surface area (TPSA) is 94.0 Å². The minimum Gasteiger partial charge on any atom is -0.480 e. The molecule has 0 radical (unpaired) electrons. The number of hydrogen-bond donors (Lipinski definition) is 2. The lowest BCUT2D eigenvalue weighted by atomic mass is 9.84. The average molecular weight is 384 g/mol. The van der Waals surface area contributed by atoms with E-state index in [2.05, 4.69) is 25.8 Å². The summed E-state index contributed by atoms with van der Waals surface area (Å²) in [5.74, 6) is -1.06. The Balaban J connectivity index is 2.03. The van der Waals surface area contributed by atoms with E-state index in [1.54, 1.807) is 4.90 Å². The molecule has 2 rings (SSSR count). The maximum Gasteiger partial charge on any atom is 0.326 e. The quantitative estimate of drug-likeness (QED) is 0.720. The van der Waals surface area contributed by atoms with Gasteiger partial charge in [-0.05, 0) is 24.2 Å². The van der Waals surface area contributed by atoms with Crippen molar-refractivity contribution in [3.8, 4) is 0 Å². The highest BCUT2D eigenvalue weighted by Crippen LogP contribution is 2.28. The molecule has 1 fully saturated rings. The molecule has 2 heterocycles. The van der Waals surface area contributed by atoms with Gasteiger partial charge in [-0.15, -0.1) is 11.3 Å². The molecule has 1 aliphatic heterocycles. The molecular weight excluding hydrogens is 354 g/mol. The van der Waals surface area contributed by atoms with E-state index in [4.69, 9.17) is 5.11 Å². The van der Waals surface area contributed by atoms with Gasteiger partial charge >= 0.3 is 12.0 Å². The van der Waals surface area contributed by atoms with E-state index in [0.717, 1.165) is 18.5 Å². The van der Waals surface area contributed by atoms with E-state index in [1.165, 1.54) is 16.2 Å². The van der Waals surface area contributed by atoms with E-state index < -0.39 is 12.0 Å². The van der Waals surface area contributed by atoms with Gasteiger partial charge in [-0.25, -0.2) is 14.6 Å². The van der Waals surface area contributed by atoms with Gasteiger partial charge in [0.05, 0.1) is 18.8 Å². The molecule has 2 N–H and O–H groups in total. The third-order valence-corrected chi connectivity index (χ3v) is 5.57. The van der Waals surface area contributed by atoms with Crippen LogP contribution >= 0.6 is 11.3 Å². The van der Waals surface area contributed by atoms with Gasteiger partial charge in [0.15, 0.2) is 0 Å². The first kappa shape index (κ1) is 20.6. The summed E-state index contributed by atoms with van der Waals surface area (Å²) < 4.78 is 0. The molecule has 0 aromatic carbocycles. The van der Waals surface area contributed by atoms with Crippen LogP contribution in [0.4, 0.5) is 4.79 Å². The van der Waals surface area contributed by atoms with Crippen LogP contribution in [0.2, 0.25) is 0 Å². The van der Waals surface area contributed by atoms with Gasteiger partial charge in [0, 0.05) is 18.5 Å². The minimum atomic E-state index is -0.946. The number of urea groups is 1. The Kier molecular flexibility index (Phi) is 6.63. The zero-order valence-corrected chi connectivity index (χ0v) is 16.8. The van der Waals surface area contributed by atoms with E-state index >= 15 is 0 Å². The Morgan fingerprint density at radius 2 is 2.08 bits per heavy atom. The minimum absolute atomic E-state index is 0.114. The van der Waals surface area contributed by atoms with Crippen molar-refractivity contribution in [3.63, 3.8) is 0 Å². The summed E-state index contributed by atoms with van der Waals surface area (Å²) in [7, 11) is 0. The fraction of sp³-hybridized carbons (Fsp3) is 0.722. The number of aromatic nitrogens is 1. The van der Waals surface area contributed by atoms with Crippen molar-refractivity contribution >= 4 is 23.3 Å². The molecule has 8 heteroatoms. The van der Waals surface area contributed by atoms with Crippen LogP contribution in [0.15, 0.2) is 5.38 Å². The summed E-state index contributed by atoms with van der Waals surface area (Å²) in [5.41, 5.74) is 0.856. The van der Waals surface area contributed by atoms with Crippen LogP contribution in [-0.4, -0.2) is 56.1 Å². The molecule has 0 bridgehead atoms. The first-order valence-electron chi connectivity index (χ1n) is 8.95. The Bertz CT molecular complexity index is 641. The highest BCUT2D eigenvalue weighted by Gasteiger charge is 2.40. The number of aliphatic hydroxyl groups excluding tert-OH is 1. The summed E-state index contributed by atoms with van der Waals surface area (Å²) >= 11 is 1.35. The summed E-state index contributed by atoms with van der Waals surface area (Å²) in [6.07, 6.45) is 1.67. The average Bonchev–Trinajstić information content (AvgIpc) is 3.14. The highest BCUT2D eigenvalue weighted by atomic mass is 32.1. The number of carboxylic acids is 1. The second-order valence-corrected chi connectivity index (χ2v) is 9.09. The first-order valence-corrected chi connectivity index (χ1v) is 9.83. The summed E-state index contributed by atoms with van der Waals surface area (Å²) in [4.78, 5) is 32.0. The summed E-state index contributed by atoms with van der Waals surface area (Å²) in [6, 6.07) is -1.06. The molecule has 0 unspecified atom stereocenters. The molecule has 0 saturated carbocycles. The van der Waals surface area contributed by atoms with Crippen molar-refractivity contribution in [2.75, 3.05) is 13.1 Å². The van der Waals surface area contributed by atoms with Crippen LogP contribution in [0.1, 0.15) is 51.2 Å². The van der Waals surface area contributed by atoms with Crippen LogP contribution in [0.25, 0.3) is 0 Å². The fourth-order valence-corrected chi connectivity index (χ4v) is 3.84. The standard InChI is InChI=1S/C18H29N3O4S/c1-12(5-6-18(2,3)4)15(16(23)24)21-8-7-20(17(21)25)9-13-11-26-14(10-22)19-13/h11-12,15,22H,5-10H2,1-4H3,(H,23,24)/t12-,15-/m0/s1. The first-order chi connectivity index (χ1) is 12.1. The normalized spacial score (nSPS) is 17.7. The molecule has 1 aromatic heterocycles. The number of carboxylic acid groups (broad SMARTS) is 1. The number of carbonyl (C=O) groups excluding carboxylic acids is 1. The van der Waals surface area contributed by atoms with Crippen molar-refractivity contribution in [2.45, 2.75) is 59.7 Å². The third-order valence-electron chi connectivity index (χ3n) is 4.69. The van der Waals surface area contributed by atoms with Gasteiger partial charge in [0.25, 0.3) is 0 Å². The molecule has 0 spiro atoms. The van der Waals surface area contributed by atoms with Gasteiger partial charge in [-0.3, -0.25) is 0 Å². The van der Waals surface area contributed by atoms with Gasteiger partial charge in [0.2, 0.25) is 0 Å². The fourth-order valence-electron chi connectivity index (χ4n) is 3.20. The Hall–Kier alpha value is -1.67. The number of rotatable bonds is 8. The molecule has 1 aliphatic rings. The van der Waals surface area contributed by atoms with Crippen molar-refractivity contribution in [3.05, 3.63) is 16.1 Å². The van der Waals surface area contributed by atoms with Crippen molar-refractivity contribution in [1.29, 1.82) is 0 Å². The predicted molar refractivity (Wildman–Crippen MR) is 99.8 cm³/mol.